The summed E-state index contributed by atoms with van der Waals surface area (Å²) in [4.78, 5) is 13.6. The predicted octanol–water partition coefficient (Wildman–Crippen LogP) is 3.34. The molecule has 0 saturated carbocycles. The zero-order valence-corrected chi connectivity index (χ0v) is 17.3. The molecule has 3 aromatic heterocycles. The van der Waals surface area contributed by atoms with Crippen LogP contribution in [0.15, 0.2) is 55.0 Å². The molecule has 9 heteroatoms. The number of nitrogens with one attached hydrogen (secondary N) is 1. The van der Waals surface area contributed by atoms with Gasteiger partial charge < -0.3 is 15.1 Å². The molecule has 4 aromatic rings. The van der Waals surface area contributed by atoms with E-state index in [0.29, 0.717) is 5.95 Å². The van der Waals surface area contributed by atoms with Crippen LogP contribution < -0.4 is 10.2 Å². The van der Waals surface area contributed by atoms with Crippen molar-refractivity contribution in [1.29, 1.82) is 0 Å². The molecule has 5 rings (SSSR count). The summed E-state index contributed by atoms with van der Waals surface area (Å²) >= 11 is 6.59. The maximum absolute atomic E-state index is 6.59. The van der Waals surface area contributed by atoms with E-state index in [1.807, 2.05) is 30.3 Å². The Labute approximate surface area is 179 Å². The number of aromatic nitrogens is 5. The Balaban J connectivity index is 1.37. The topological polar surface area (TPSA) is 74.5 Å². The van der Waals surface area contributed by atoms with Crippen LogP contribution in [0.25, 0.3) is 16.8 Å². The number of nitrogens with zero attached hydrogens (tertiary/aromatic N) is 7. The fourth-order valence-electron chi connectivity index (χ4n) is 3.62. The standard InChI is InChI=1S/C21H21ClN8/c1-28-9-11-29(12-10-28)20-5-4-15(13-17(20)22)26-21-23-8-6-18(27-21)16-14-25-30-19(16)3-2-7-24-30/h2-8,13-14H,9-12H2,1H3,(H,23,26,27). The molecule has 1 aliphatic rings. The number of halogens is 1. The molecule has 1 N–H and O–H groups in total. The fourth-order valence-corrected chi connectivity index (χ4v) is 3.92. The van der Waals surface area contributed by atoms with Crippen LogP contribution in [0.3, 0.4) is 0 Å². The van der Waals surface area contributed by atoms with Crippen LogP contribution in [0.4, 0.5) is 17.3 Å². The van der Waals surface area contributed by atoms with Gasteiger partial charge in [-0.3, -0.25) is 0 Å². The summed E-state index contributed by atoms with van der Waals surface area (Å²) in [5.74, 6) is 0.499. The minimum atomic E-state index is 0.499. The first-order valence-electron chi connectivity index (χ1n) is 9.80. The van der Waals surface area contributed by atoms with Gasteiger partial charge in [0.05, 0.1) is 28.1 Å². The van der Waals surface area contributed by atoms with E-state index in [1.165, 1.54) is 0 Å². The molecule has 0 spiro atoms. The molecule has 0 unspecified atom stereocenters. The van der Waals surface area contributed by atoms with Crippen LogP contribution in [-0.4, -0.2) is 62.9 Å². The Bertz CT molecular complexity index is 1180. The number of hydrogen-bond donors (Lipinski definition) is 1. The molecular formula is C21H21ClN8. The van der Waals surface area contributed by atoms with Crippen molar-refractivity contribution in [2.45, 2.75) is 0 Å². The average molecular weight is 421 g/mol. The van der Waals surface area contributed by atoms with E-state index < -0.39 is 0 Å². The molecule has 1 aliphatic heterocycles. The summed E-state index contributed by atoms with van der Waals surface area (Å²) in [5.41, 5.74) is 4.47. The van der Waals surface area contributed by atoms with Crippen molar-refractivity contribution in [3.05, 3.63) is 60.0 Å². The van der Waals surface area contributed by atoms with Gasteiger partial charge in [-0.05, 0) is 43.4 Å². The quantitative estimate of drug-likeness (QED) is 0.542. The van der Waals surface area contributed by atoms with E-state index in [0.717, 1.165) is 59.4 Å². The van der Waals surface area contributed by atoms with Crippen LogP contribution >= 0.6 is 11.6 Å². The molecule has 1 fully saturated rings. The van der Waals surface area contributed by atoms with Crippen molar-refractivity contribution >= 4 is 34.4 Å². The summed E-state index contributed by atoms with van der Waals surface area (Å²) in [6.07, 6.45) is 5.19. The SMILES string of the molecule is CN1CCN(c2ccc(Nc3nccc(-c4cnn5ncccc45)n3)cc2Cl)CC1. The highest BCUT2D eigenvalue weighted by molar-refractivity contribution is 6.33. The number of piperazine rings is 1. The molecule has 152 valence electrons. The van der Waals surface area contributed by atoms with Gasteiger partial charge in [-0.25, -0.2) is 9.97 Å². The third-order valence-electron chi connectivity index (χ3n) is 5.28. The second-order valence-electron chi connectivity index (χ2n) is 7.30. The van der Waals surface area contributed by atoms with Crippen LogP contribution in [0.5, 0.6) is 0 Å². The van der Waals surface area contributed by atoms with Crippen LogP contribution in [-0.2, 0) is 0 Å². The van der Waals surface area contributed by atoms with Crippen LogP contribution in [0.1, 0.15) is 0 Å². The van der Waals surface area contributed by atoms with Gasteiger partial charge in [0.25, 0.3) is 0 Å². The van der Waals surface area contributed by atoms with E-state index in [4.69, 9.17) is 11.6 Å². The largest absolute Gasteiger partial charge is 0.368 e. The normalized spacial score (nSPS) is 14.9. The molecule has 0 bridgehead atoms. The van der Waals surface area contributed by atoms with Gasteiger partial charge in [0.2, 0.25) is 5.95 Å². The second kappa shape index (κ2) is 7.89. The maximum Gasteiger partial charge on any atom is 0.227 e. The molecule has 4 heterocycles. The Morgan fingerprint density at radius 1 is 1.00 bits per heavy atom. The number of fused-ring (bicyclic) bond motifs is 1. The highest BCUT2D eigenvalue weighted by Gasteiger charge is 2.17. The smallest absolute Gasteiger partial charge is 0.227 e. The number of hydrogen-bond acceptors (Lipinski definition) is 7. The zero-order chi connectivity index (χ0) is 20.5. The summed E-state index contributed by atoms with van der Waals surface area (Å²) in [6, 6.07) is 11.7. The molecule has 0 amide bonds. The monoisotopic (exact) mass is 420 g/mol. The summed E-state index contributed by atoms with van der Waals surface area (Å²) < 4.78 is 1.58. The van der Waals surface area contributed by atoms with E-state index in [2.05, 4.69) is 48.4 Å². The fraction of sp³-hybridized carbons (Fsp3) is 0.238. The van der Waals surface area contributed by atoms with Gasteiger partial charge in [-0.1, -0.05) is 11.6 Å². The first kappa shape index (κ1) is 18.8. The third-order valence-corrected chi connectivity index (χ3v) is 5.59. The second-order valence-corrected chi connectivity index (χ2v) is 7.71. The molecule has 8 nitrogen and oxygen atoms in total. The molecule has 0 atom stereocenters. The number of anilines is 3. The Morgan fingerprint density at radius 2 is 1.87 bits per heavy atom. The predicted molar refractivity (Wildman–Crippen MR) is 118 cm³/mol. The van der Waals surface area contributed by atoms with Crippen molar-refractivity contribution in [2.75, 3.05) is 43.4 Å². The van der Waals surface area contributed by atoms with Crippen LogP contribution in [0, 0.1) is 0 Å². The molecule has 1 aromatic carbocycles. The Morgan fingerprint density at radius 3 is 2.70 bits per heavy atom. The van der Waals surface area contributed by atoms with Crippen molar-refractivity contribution in [1.82, 2.24) is 29.7 Å². The van der Waals surface area contributed by atoms with Crippen molar-refractivity contribution < 1.29 is 0 Å². The molecular weight excluding hydrogens is 400 g/mol. The van der Waals surface area contributed by atoms with E-state index in [9.17, 15) is 0 Å². The Kier molecular flexibility index (Phi) is 4.94. The lowest BCUT2D eigenvalue weighted by atomic mass is 10.2. The number of benzene rings is 1. The number of rotatable bonds is 4. The minimum absolute atomic E-state index is 0.499. The molecule has 0 radical (unpaired) electrons. The highest BCUT2D eigenvalue weighted by Crippen LogP contribution is 2.31. The zero-order valence-electron chi connectivity index (χ0n) is 16.5. The van der Waals surface area contributed by atoms with Crippen LogP contribution in [0.2, 0.25) is 5.02 Å². The van der Waals surface area contributed by atoms with Gasteiger partial charge in [0.1, 0.15) is 0 Å². The van der Waals surface area contributed by atoms with Crippen molar-refractivity contribution in [3.63, 3.8) is 0 Å². The van der Waals surface area contributed by atoms with Gasteiger partial charge in [0.15, 0.2) is 0 Å². The minimum Gasteiger partial charge on any atom is -0.368 e. The molecule has 0 aliphatic carbocycles. The van der Waals surface area contributed by atoms with Gasteiger partial charge in [-0.15, -0.1) is 0 Å². The van der Waals surface area contributed by atoms with Crippen molar-refractivity contribution in [2.24, 2.45) is 0 Å². The molecule has 30 heavy (non-hydrogen) atoms. The summed E-state index contributed by atoms with van der Waals surface area (Å²) in [5, 5.41) is 12.5. The van der Waals surface area contributed by atoms with E-state index in [-0.39, 0.29) is 0 Å². The van der Waals surface area contributed by atoms with E-state index >= 15 is 0 Å². The lowest BCUT2D eigenvalue weighted by Gasteiger charge is -2.34. The average Bonchev–Trinajstić information content (AvgIpc) is 3.19. The maximum atomic E-state index is 6.59. The first-order valence-corrected chi connectivity index (χ1v) is 10.2. The molecule has 1 saturated heterocycles. The van der Waals surface area contributed by atoms with Gasteiger partial charge >= 0.3 is 0 Å². The lowest BCUT2D eigenvalue weighted by molar-refractivity contribution is 0.313. The summed E-state index contributed by atoms with van der Waals surface area (Å²) in [7, 11) is 2.14. The van der Waals surface area contributed by atoms with Gasteiger partial charge in [-0.2, -0.15) is 14.8 Å². The Hall–Kier alpha value is -3.23. The summed E-state index contributed by atoms with van der Waals surface area (Å²) in [6.45, 7) is 4.03. The van der Waals surface area contributed by atoms with Crippen molar-refractivity contribution in [3.8, 4) is 11.3 Å². The van der Waals surface area contributed by atoms with Gasteiger partial charge in [0, 0.05) is 49.8 Å². The number of likely N-dealkylation sites (N-methyl/N-ethyl adjacent to an activating group) is 1. The van der Waals surface area contributed by atoms with E-state index in [1.54, 1.807) is 23.2 Å². The first-order chi connectivity index (χ1) is 14.7. The third kappa shape index (κ3) is 3.67. The highest BCUT2D eigenvalue weighted by atomic mass is 35.5. The lowest BCUT2D eigenvalue weighted by Crippen LogP contribution is -2.44.